The van der Waals surface area contributed by atoms with E-state index in [0.29, 0.717) is 22.3 Å². The fraction of sp³-hybridized carbons (Fsp3) is 0.809. The second-order valence-electron chi connectivity index (χ2n) is 33.7. The number of fused-ring (bicyclic) bond motifs is 10. The molecule has 0 saturated heterocycles. The summed E-state index contributed by atoms with van der Waals surface area (Å²) in [6, 6.07) is 4.70. The molecule has 2 aromatic heterocycles. The number of aromatic nitrogens is 4. The lowest BCUT2D eigenvalue weighted by Gasteiger charge is -2.35. The number of nitrogens with zero attached hydrogens (tertiary/aromatic N) is 4. The number of halogens is 2. The van der Waals surface area contributed by atoms with Crippen LogP contribution < -0.4 is 0 Å². The van der Waals surface area contributed by atoms with Crippen molar-refractivity contribution in [2.75, 3.05) is 0 Å². The summed E-state index contributed by atoms with van der Waals surface area (Å²) in [7, 11) is 0. The summed E-state index contributed by atoms with van der Waals surface area (Å²) in [5.41, 5.74) is 10.4. The van der Waals surface area contributed by atoms with Crippen molar-refractivity contribution in [1.29, 1.82) is 0 Å². The van der Waals surface area contributed by atoms with Gasteiger partial charge in [0.05, 0.1) is 23.5 Å². The zero-order chi connectivity index (χ0) is 72.0. The third-order valence-electron chi connectivity index (χ3n) is 25.2. The number of benzene rings is 3. The summed E-state index contributed by atoms with van der Waals surface area (Å²) in [6.45, 7) is 13.6. The Bertz CT molecular complexity index is 2700. The molecule has 102 heavy (non-hydrogen) atoms. The molecular weight excluding hydrogens is 1290 g/mol. The van der Waals surface area contributed by atoms with E-state index < -0.39 is 10.8 Å². The Hall–Kier alpha value is -2.84. The average molecular weight is 1440 g/mol. The highest BCUT2D eigenvalue weighted by atomic mass is 32.1. The minimum Gasteiger partial charge on any atom is -0.206 e. The van der Waals surface area contributed by atoms with Gasteiger partial charge in [-0.2, -0.15) is 17.5 Å². The van der Waals surface area contributed by atoms with Crippen LogP contribution in [-0.4, -0.2) is 17.5 Å². The van der Waals surface area contributed by atoms with E-state index in [1.807, 2.05) is 0 Å². The minimum absolute atomic E-state index is 0.167. The summed E-state index contributed by atoms with van der Waals surface area (Å²) < 4.78 is 60.4. The highest BCUT2D eigenvalue weighted by Crippen LogP contribution is 2.65. The van der Waals surface area contributed by atoms with Crippen LogP contribution in [0.3, 0.4) is 0 Å². The summed E-state index contributed by atoms with van der Waals surface area (Å²) in [5.74, 6) is -0.334. The molecule has 2 heterocycles. The molecule has 7 rings (SSSR count). The van der Waals surface area contributed by atoms with Gasteiger partial charge in [-0.1, -0.05) is 451 Å². The second kappa shape index (κ2) is 52.3. The summed E-state index contributed by atoms with van der Waals surface area (Å²) in [6.07, 6.45) is 87.5. The molecule has 0 bridgehead atoms. The van der Waals surface area contributed by atoms with Crippen LogP contribution in [0.5, 0.6) is 0 Å². The van der Waals surface area contributed by atoms with E-state index in [0.717, 1.165) is 132 Å². The standard InChI is InChI=1S/C94H156F2N4S2/c1-7-11-15-19-23-27-31-35-39-43-47-51-55-59-63-67-71-93(72-68-64-60-56-52-48-44-40-36-32-28-24-20-16-12-8-2)79-75-77(5)89-91(99-101-97-89)81(79)83-85(93)87(95)84-82-80(76-78(6)90-92(82)100-102-98-90)94(86(84)88(83)96,73-69-65-61-57-53-49-45-41-37-33-29-25-21-17-13-9-3)74-70-66-62-58-54-50-46-42-38-34-30-26-22-18-14-10-4/h75-76H,7-74H2,1-6H3. The molecule has 578 valence electrons. The van der Waals surface area contributed by atoms with Crippen LogP contribution in [0.15, 0.2) is 12.1 Å². The van der Waals surface area contributed by atoms with Gasteiger partial charge < -0.3 is 0 Å². The van der Waals surface area contributed by atoms with Gasteiger partial charge in [-0.05, 0) is 61.8 Å². The van der Waals surface area contributed by atoms with Gasteiger partial charge in [0.2, 0.25) is 0 Å². The maximum atomic E-state index is 20.1. The van der Waals surface area contributed by atoms with Crippen LogP contribution in [0.2, 0.25) is 0 Å². The van der Waals surface area contributed by atoms with E-state index >= 15 is 8.78 Å². The van der Waals surface area contributed by atoms with Crippen LogP contribution in [0.4, 0.5) is 8.78 Å². The molecule has 0 fully saturated rings. The first-order valence-electron chi connectivity index (χ1n) is 45.4. The Morgan fingerprint density at radius 3 is 0.588 bits per heavy atom. The molecule has 0 saturated carbocycles. The van der Waals surface area contributed by atoms with Gasteiger partial charge in [0.1, 0.15) is 33.7 Å². The second-order valence-corrected chi connectivity index (χ2v) is 34.7. The number of hydrogen-bond acceptors (Lipinski definition) is 6. The summed E-state index contributed by atoms with van der Waals surface area (Å²) in [5, 5.41) is 0. The van der Waals surface area contributed by atoms with Gasteiger partial charge in [0.25, 0.3) is 0 Å². The first-order chi connectivity index (χ1) is 50.3. The molecular formula is C94H156F2N4S2. The van der Waals surface area contributed by atoms with Crippen molar-refractivity contribution >= 4 is 45.5 Å². The van der Waals surface area contributed by atoms with Gasteiger partial charge in [0, 0.05) is 44.2 Å². The number of hydrogen-bond donors (Lipinski definition) is 0. The molecule has 0 amide bonds. The largest absolute Gasteiger partial charge is 0.206 e. The maximum absolute atomic E-state index is 20.1. The molecule has 3 aromatic carbocycles. The summed E-state index contributed by atoms with van der Waals surface area (Å²) in [4.78, 5) is 0. The zero-order valence-corrected chi connectivity index (χ0v) is 69.2. The van der Waals surface area contributed by atoms with E-state index in [-0.39, 0.29) is 11.6 Å². The average Bonchev–Trinajstić information content (AvgIpc) is 1.50. The fourth-order valence-electron chi connectivity index (χ4n) is 19.0. The minimum atomic E-state index is -0.684. The summed E-state index contributed by atoms with van der Waals surface area (Å²) >= 11 is 2.49. The zero-order valence-electron chi connectivity index (χ0n) is 67.6. The van der Waals surface area contributed by atoms with Gasteiger partial charge in [-0.25, -0.2) is 8.78 Å². The molecule has 0 spiro atoms. The molecule has 0 unspecified atom stereocenters. The maximum Gasteiger partial charge on any atom is 0.136 e. The number of unbranched alkanes of at least 4 members (excludes halogenated alkanes) is 60. The Balaban J connectivity index is 1.13. The van der Waals surface area contributed by atoms with Crippen molar-refractivity contribution in [3.63, 3.8) is 0 Å². The van der Waals surface area contributed by atoms with Crippen LogP contribution in [0, 0.1) is 25.5 Å². The quantitative estimate of drug-likeness (QED) is 0.0364. The molecule has 0 atom stereocenters. The molecule has 0 N–H and O–H groups in total. The molecule has 4 nitrogen and oxygen atoms in total. The number of rotatable bonds is 68. The molecule has 8 heteroatoms. The first kappa shape index (κ1) is 86.4. The lowest BCUT2D eigenvalue weighted by Crippen LogP contribution is -2.29. The SMILES string of the molecule is CCCCCCCCCCCCCCCCCCC1(CCCCCCCCCCCCCCCCCC)c2cc(C)c3nsnc3c2-c2c(F)c3c(c(F)c21)-c1c(cc(C)c2nsnc12)C3(CCCCCCCCCCCCCCCCCC)CCCCCCCCCCCCCCCCCC. The number of aryl methyl sites for hydroxylation is 2. The highest BCUT2D eigenvalue weighted by Gasteiger charge is 2.54. The van der Waals surface area contributed by atoms with Crippen LogP contribution >= 0.6 is 23.5 Å². The van der Waals surface area contributed by atoms with Crippen LogP contribution in [0.1, 0.15) is 498 Å². The molecule has 2 aliphatic carbocycles. The third-order valence-corrected chi connectivity index (χ3v) is 26.2. The first-order valence-corrected chi connectivity index (χ1v) is 46.9. The Morgan fingerprint density at radius 2 is 0.402 bits per heavy atom. The topological polar surface area (TPSA) is 51.6 Å². The van der Waals surface area contributed by atoms with Crippen molar-refractivity contribution in [2.45, 2.75) is 489 Å². The molecule has 0 radical (unpaired) electrons. The van der Waals surface area contributed by atoms with E-state index in [1.165, 1.54) is 383 Å². The molecule has 0 aliphatic heterocycles. The van der Waals surface area contributed by atoms with E-state index in [1.54, 1.807) is 0 Å². The van der Waals surface area contributed by atoms with Crippen LogP contribution in [-0.2, 0) is 10.8 Å². The van der Waals surface area contributed by atoms with Crippen LogP contribution in [0.25, 0.3) is 44.3 Å². The Labute approximate surface area is 636 Å². The van der Waals surface area contributed by atoms with E-state index in [4.69, 9.17) is 17.5 Å². The lowest BCUT2D eigenvalue weighted by atomic mass is 9.68. The molecule has 5 aromatic rings. The van der Waals surface area contributed by atoms with Crippen molar-refractivity contribution in [3.8, 4) is 22.3 Å². The lowest BCUT2D eigenvalue weighted by molar-refractivity contribution is 0.374. The monoisotopic (exact) mass is 1440 g/mol. The Kier molecular flexibility index (Phi) is 44.3. The van der Waals surface area contributed by atoms with Crippen molar-refractivity contribution in [2.24, 2.45) is 0 Å². The van der Waals surface area contributed by atoms with Crippen molar-refractivity contribution in [3.05, 3.63) is 57.1 Å². The third kappa shape index (κ3) is 27.4. The van der Waals surface area contributed by atoms with E-state index in [2.05, 4.69) is 53.7 Å². The van der Waals surface area contributed by atoms with Crippen molar-refractivity contribution < 1.29 is 8.78 Å². The highest BCUT2D eigenvalue weighted by molar-refractivity contribution is 7.00. The molecule has 2 aliphatic rings. The fourth-order valence-corrected chi connectivity index (χ4v) is 20.2. The van der Waals surface area contributed by atoms with Gasteiger partial charge in [0.15, 0.2) is 0 Å². The van der Waals surface area contributed by atoms with Gasteiger partial charge in [-0.3, -0.25) is 0 Å². The predicted octanol–water partition coefficient (Wildman–Crippen LogP) is 33.7. The normalized spacial score (nSPS) is 13.6. The predicted molar refractivity (Wildman–Crippen MR) is 447 cm³/mol. The van der Waals surface area contributed by atoms with Gasteiger partial charge in [-0.15, -0.1) is 0 Å². The van der Waals surface area contributed by atoms with Gasteiger partial charge >= 0.3 is 0 Å². The Morgan fingerprint density at radius 1 is 0.235 bits per heavy atom. The smallest absolute Gasteiger partial charge is 0.136 e. The van der Waals surface area contributed by atoms with E-state index in [9.17, 15) is 0 Å². The van der Waals surface area contributed by atoms with Crippen molar-refractivity contribution in [1.82, 2.24) is 17.5 Å².